The Hall–Kier alpha value is -3.07. The molecule has 0 spiro atoms. The van der Waals surface area contributed by atoms with Crippen molar-refractivity contribution in [3.05, 3.63) is 59.4 Å². The van der Waals surface area contributed by atoms with Crippen LogP contribution in [0.2, 0.25) is 0 Å². The number of rotatable bonds is 8. The van der Waals surface area contributed by atoms with Gasteiger partial charge >= 0.3 is 12.1 Å². The summed E-state index contributed by atoms with van der Waals surface area (Å²) in [6.45, 7) is 5.27. The molecule has 0 aliphatic rings. The average molecular weight is 447 g/mol. The van der Waals surface area contributed by atoms with E-state index < -0.39 is 28.8 Å². The number of thiol groups is 1. The van der Waals surface area contributed by atoms with Crippen LogP contribution in [0.3, 0.4) is 0 Å². The predicted octanol–water partition coefficient (Wildman–Crippen LogP) is 3.34. The van der Waals surface area contributed by atoms with Crippen molar-refractivity contribution in [3.8, 4) is 5.75 Å². The molecule has 8 nitrogen and oxygen atoms in total. The summed E-state index contributed by atoms with van der Waals surface area (Å²) in [7, 11) is 1.58. The second kappa shape index (κ2) is 10.8. The van der Waals surface area contributed by atoms with E-state index >= 15 is 0 Å². The number of nitrogens with zero attached hydrogens (tertiary/aromatic N) is 1. The number of alkyl carbamates (subject to hydrolysis) is 1. The number of esters is 1. The molecule has 0 bridgehead atoms. The van der Waals surface area contributed by atoms with Gasteiger partial charge in [0.25, 0.3) is 0 Å². The van der Waals surface area contributed by atoms with Crippen molar-refractivity contribution in [2.45, 2.75) is 45.4 Å². The van der Waals surface area contributed by atoms with Gasteiger partial charge in [0.2, 0.25) is 5.12 Å². The number of hydrogen-bond donors (Lipinski definition) is 2. The second-order valence-electron chi connectivity index (χ2n) is 7.70. The molecule has 0 unspecified atom stereocenters. The lowest BCUT2D eigenvalue weighted by atomic mass is 10.1. The van der Waals surface area contributed by atoms with E-state index in [4.69, 9.17) is 14.2 Å². The summed E-state index contributed by atoms with van der Waals surface area (Å²) in [4.78, 5) is 40.1. The number of benzene rings is 1. The largest absolute Gasteiger partial charge is 0.497 e. The number of amides is 1. The highest BCUT2D eigenvalue weighted by Gasteiger charge is 2.23. The monoisotopic (exact) mass is 446 g/mol. The molecule has 9 heteroatoms. The number of carbonyl (C=O) groups excluding carboxylic acids is 3. The highest BCUT2D eigenvalue weighted by molar-refractivity contribution is 7.96. The zero-order valence-electron chi connectivity index (χ0n) is 17.9. The van der Waals surface area contributed by atoms with E-state index in [1.807, 2.05) is 0 Å². The summed E-state index contributed by atoms with van der Waals surface area (Å²) >= 11 is 3.82. The first kappa shape index (κ1) is 24.2. The Balaban J connectivity index is 1.93. The maximum Gasteiger partial charge on any atom is 0.408 e. The minimum atomic E-state index is -0.918. The summed E-state index contributed by atoms with van der Waals surface area (Å²) in [6, 6.07) is 9.39. The summed E-state index contributed by atoms with van der Waals surface area (Å²) in [6.07, 6.45) is 0.737. The molecule has 0 aliphatic carbocycles. The molecule has 0 fully saturated rings. The Kier molecular flexibility index (Phi) is 8.44. The van der Waals surface area contributed by atoms with Crippen molar-refractivity contribution < 1.29 is 28.6 Å². The van der Waals surface area contributed by atoms with Crippen LogP contribution in [-0.4, -0.2) is 40.9 Å². The van der Waals surface area contributed by atoms with Gasteiger partial charge in [-0.1, -0.05) is 12.1 Å². The fraction of sp³-hybridized carbons (Fsp3) is 0.364. The van der Waals surface area contributed by atoms with Gasteiger partial charge < -0.3 is 19.5 Å². The molecule has 2 aromatic rings. The summed E-state index contributed by atoms with van der Waals surface area (Å²) in [5, 5.41) is 1.95. The first-order valence-corrected chi connectivity index (χ1v) is 9.99. The number of methoxy groups -OCH3 is 1. The number of pyridine rings is 1. The van der Waals surface area contributed by atoms with Crippen molar-refractivity contribution in [2.75, 3.05) is 7.11 Å². The van der Waals surface area contributed by atoms with Gasteiger partial charge in [-0.3, -0.25) is 9.78 Å². The van der Waals surface area contributed by atoms with Gasteiger partial charge in [0.05, 0.1) is 12.7 Å². The first-order valence-electron chi connectivity index (χ1n) is 9.54. The van der Waals surface area contributed by atoms with Gasteiger partial charge in [0, 0.05) is 18.3 Å². The summed E-state index contributed by atoms with van der Waals surface area (Å²) in [5.41, 5.74) is 0.892. The lowest BCUT2D eigenvalue weighted by Gasteiger charge is -2.22. The van der Waals surface area contributed by atoms with Crippen LogP contribution in [0.4, 0.5) is 4.79 Å². The highest BCUT2D eigenvalue weighted by atomic mass is 32.1. The van der Waals surface area contributed by atoms with E-state index in [1.54, 1.807) is 64.3 Å². The van der Waals surface area contributed by atoms with Gasteiger partial charge in [0.1, 0.15) is 24.0 Å². The van der Waals surface area contributed by atoms with Crippen LogP contribution < -0.4 is 10.1 Å². The third-order valence-corrected chi connectivity index (χ3v) is 4.30. The molecule has 0 aliphatic heterocycles. The standard InChI is InChI=1S/C22H26N2O6S/c1-22(2,3)30-21(27)24-18(20(26)31)11-16-8-7-15(12-23-16)19(25)29-13-14-5-9-17(28-4)10-6-14/h5-10,12,18H,11,13H2,1-4H3,(H,24,27)(H,26,31)/t18-/m1/s1. The third kappa shape index (κ3) is 8.29. The van der Waals surface area contributed by atoms with Gasteiger partial charge in [-0.2, -0.15) is 0 Å². The number of aromatic nitrogens is 1. The minimum absolute atomic E-state index is 0.1000. The summed E-state index contributed by atoms with van der Waals surface area (Å²) in [5.74, 6) is 0.192. The Morgan fingerprint density at radius 2 is 1.77 bits per heavy atom. The number of nitrogens with one attached hydrogen (secondary N) is 1. The van der Waals surface area contributed by atoms with Crippen molar-refractivity contribution >= 4 is 29.8 Å². The average Bonchev–Trinajstić information content (AvgIpc) is 2.71. The van der Waals surface area contributed by atoms with E-state index in [2.05, 4.69) is 22.9 Å². The molecule has 0 saturated heterocycles. The van der Waals surface area contributed by atoms with Crippen molar-refractivity contribution in [1.29, 1.82) is 0 Å². The molecule has 31 heavy (non-hydrogen) atoms. The fourth-order valence-electron chi connectivity index (χ4n) is 2.48. The number of hydrogen-bond acceptors (Lipinski definition) is 7. The first-order chi connectivity index (χ1) is 14.6. The molecule has 166 valence electrons. The van der Waals surface area contributed by atoms with Crippen molar-refractivity contribution in [1.82, 2.24) is 10.3 Å². The molecule has 2 rings (SSSR count). The van der Waals surface area contributed by atoms with Gasteiger partial charge in [0.15, 0.2) is 0 Å². The van der Waals surface area contributed by atoms with Crippen LogP contribution in [0, 0.1) is 0 Å². The molecule has 1 amide bonds. The van der Waals surface area contributed by atoms with E-state index in [1.165, 1.54) is 6.20 Å². The zero-order valence-corrected chi connectivity index (χ0v) is 18.8. The van der Waals surface area contributed by atoms with E-state index in [0.717, 1.165) is 5.56 Å². The number of ether oxygens (including phenoxy) is 3. The predicted molar refractivity (Wildman–Crippen MR) is 117 cm³/mol. The molecule has 1 aromatic carbocycles. The highest BCUT2D eigenvalue weighted by Crippen LogP contribution is 2.13. The van der Waals surface area contributed by atoms with E-state index in [0.29, 0.717) is 11.4 Å². The topological polar surface area (TPSA) is 104 Å². The fourth-order valence-corrected chi connectivity index (χ4v) is 2.63. The molecule has 0 radical (unpaired) electrons. The van der Waals surface area contributed by atoms with Gasteiger partial charge in [-0.25, -0.2) is 9.59 Å². The molecular weight excluding hydrogens is 420 g/mol. The molecule has 0 saturated carbocycles. The van der Waals surface area contributed by atoms with Gasteiger partial charge in [-0.15, -0.1) is 12.6 Å². The Morgan fingerprint density at radius 3 is 2.29 bits per heavy atom. The molecular formula is C22H26N2O6S. The van der Waals surface area contributed by atoms with E-state index in [-0.39, 0.29) is 18.6 Å². The second-order valence-corrected chi connectivity index (χ2v) is 8.14. The Labute approximate surface area is 186 Å². The third-order valence-electron chi connectivity index (χ3n) is 3.99. The number of carbonyl (C=O) groups is 3. The van der Waals surface area contributed by atoms with Crippen LogP contribution in [-0.2, 0) is 27.3 Å². The van der Waals surface area contributed by atoms with Gasteiger partial charge in [-0.05, 0) is 50.6 Å². The Morgan fingerprint density at radius 1 is 1.10 bits per heavy atom. The molecule has 1 atom stereocenters. The molecule has 1 aromatic heterocycles. The van der Waals surface area contributed by atoms with E-state index in [9.17, 15) is 14.4 Å². The lowest BCUT2D eigenvalue weighted by Crippen LogP contribution is -2.43. The zero-order chi connectivity index (χ0) is 23.0. The maximum absolute atomic E-state index is 12.2. The molecule has 1 heterocycles. The van der Waals surface area contributed by atoms with Crippen LogP contribution in [0.15, 0.2) is 42.6 Å². The lowest BCUT2D eigenvalue weighted by molar-refractivity contribution is -0.112. The SMILES string of the molecule is COc1ccc(COC(=O)c2ccc(C[C@@H](NC(=O)OC(C)(C)C)C(=O)S)nc2)cc1. The van der Waals surface area contributed by atoms with Crippen LogP contribution >= 0.6 is 12.6 Å². The van der Waals surface area contributed by atoms with Crippen molar-refractivity contribution in [3.63, 3.8) is 0 Å². The minimum Gasteiger partial charge on any atom is -0.497 e. The van der Waals surface area contributed by atoms with Crippen molar-refractivity contribution in [2.24, 2.45) is 0 Å². The van der Waals surface area contributed by atoms with Crippen LogP contribution in [0.25, 0.3) is 0 Å². The Bertz CT molecular complexity index is 907. The quantitative estimate of drug-likeness (QED) is 0.473. The maximum atomic E-state index is 12.2. The van der Waals surface area contributed by atoms with Crippen LogP contribution in [0.5, 0.6) is 5.75 Å². The van der Waals surface area contributed by atoms with Crippen LogP contribution in [0.1, 0.15) is 42.4 Å². The smallest absolute Gasteiger partial charge is 0.408 e. The molecule has 1 N–H and O–H groups in total. The summed E-state index contributed by atoms with van der Waals surface area (Å²) < 4.78 is 15.5. The normalized spacial score (nSPS) is 11.9.